The lowest BCUT2D eigenvalue weighted by molar-refractivity contribution is 0.000258. The quantitative estimate of drug-likeness (QED) is 0.563. The molecular formula is C24H30FN9O. The molecule has 1 saturated carbocycles. The van der Waals surface area contributed by atoms with Gasteiger partial charge in [0, 0.05) is 28.1 Å². The van der Waals surface area contributed by atoms with Gasteiger partial charge < -0.3 is 15.3 Å². The molecule has 35 heavy (non-hydrogen) atoms. The average Bonchev–Trinajstić information content (AvgIpc) is 3.18. The number of hydrogen-bond donors (Lipinski definition) is 2. The predicted octanol–water partition coefficient (Wildman–Crippen LogP) is 2.80. The topological polar surface area (TPSA) is 118 Å². The number of hydrogen-bond acceptors (Lipinski definition) is 9. The van der Waals surface area contributed by atoms with Gasteiger partial charge in [-0.05, 0) is 69.6 Å². The number of rotatable bonds is 5. The molecule has 2 aromatic heterocycles. The molecule has 3 fully saturated rings. The summed E-state index contributed by atoms with van der Waals surface area (Å²) in [6.45, 7) is 3.76. The van der Waals surface area contributed by atoms with Crippen molar-refractivity contribution in [3.8, 4) is 28.5 Å². The molecule has 184 valence electrons. The number of phenolic OH excluding ortho intramolecular Hbond substituents is 1. The molecule has 4 atom stereocenters. The summed E-state index contributed by atoms with van der Waals surface area (Å²) in [6.07, 6.45) is -3.12. The average molecular weight is 485 g/mol. The van der Waals surface area contributed by atoms with E-state index in [9.17, 15) is 5.11 Å². The third-order valence-electron chi connectivity index (χ3n) is 7.23. The number of aromatic hydroxyl groups is 1. The molecule has 10 nitrogen and oxygen atoms in total. The lowest BCUT2D eigenvalue weighted by Crippen LogP contribution is -2.73. The Bertz CT molecular complexity index is 1460. The Labute approximate surface area is 210 Å². The van der Waals surface area contributed by atoms with Crippen LogP contribution in [0.25, 0.3) is 22.8 Å². The van der Waals surface area contributed by atoms with Gasteiger partial charge in [0.1, 0.15) is 11.9 Å². The molecule has 2 N–H and O–H groups in total. The van der Waals surface area contributed by atoms with Crippen molar-refractivity contribution in [3.05, 3.63) is 24.4 Å². The molecule has 3 aliphatic rings. The molecule has 0 spiro atoms. The number of aromatic nitrogens is 7. The van der Waals surface area contributed by atoms with E-state index in [0.29, 0.717) is 17.8 Å². The zero-order chi connectivity index (χ0) is 28.9. The Morgan fingerprint density at radius 3 is 2.71 bits per heavy atom. The zero-order valence-electron chi connectivity index (χ0n) is 24.7. The highest BCUT2D eigenvalue weighted by Gasteiger charge is 2.55. The van der Waals surface area contributed by atoms with Gasteiger partial charge >= 0.3 is 0 Å². The van der Waals surface area contributed by atoms with E-state index >= 15 is 4.39 Å². The van der Waals surface area contributed by atoms with Gasteiger partial charge in [0.2, 0.25) is 5.82 Å². The van der Waals surface area contributed by atoms with Crippen LogP contribution in [-0.4, -0.2) is 69.8 Å². The van der Waals surface area contributed by atoms with Crippen molar-refractivity contribution in [2.45, 2.75) is 81.6 Å². The second-order valence-electron chi connectivity index (χ2n) is 10.1. The van der Waals surface area contributed by atoms with Crippen LogP contribution in [0.2, 0.25) is 0 Å². The molecule has 0 unspecified atom stereocenters. The van der Waals surface area contributed by atoms with Gasteiger partial charge in [-0.15, -0.1) is 20.4 Å². The maximum atomic E-state index is 16.3. The van der Waals surface area contributed by atoms with Crippen molar-refractivity contribution in [1.82, 2.24) is 40.7 Å². The number of fused-ring (bicyclic) bond motifs is 2. The SMILES string of the molecule is [2H]C1([2H])C([2H])([2H])C1([2H])N(c1cnc(-c2ccc(-c3nnn(C)n3)cc2O)nn1)[C@@H]1C[C@@]2(C)CCC[C@](C)(N2)[C@@H]1F. The fourth-order valence-electron chi connectivity index (χ4n) is 5.59. The number of aryl methyl sites for hydroxylation is 1. The van der Waals surface area contributed by atoms with Crippen molar-refractivity contribution >= 4 is 5.82 Å². The van der Waals surface area contributed by atoms with Crippen LogP contribution in [-0.2, 0) is 7.05 Å². The summed E-state index contributed by atoms with van der Waals surface area (Å²) in [6, 6.07) is 1.16. The van der Waals surface area contributed by atoms with Crippen LogP contribution in [0.3, 0.4) is 0 Å². The van der Waals surface area contributed by atoms with Gasteiger partial charge in [-0.1, -0.05) is 6.07 Å². The smallest absolute Gasteiger partial charge is 0.205 e. The van der Waals surface area contributed by atoms with Gasteiger partial charge in [-0.3, -0.25) is 0 Å². The molecule has 1 aliphatic carbocycles. The van der Waals surface area contributed by atoms with Crippen LogP contribution in [0.4, 0.5) is 10.2 Å². The fraction of sp³-hybridized carbons (Fsp3) is 0.583. The number of benzene rings is 1. The van der Waals surface area contributed by atoms with Crippen LogP contribution in [0.1, 0.15) is 59.1 Å². The molecule has 2 aliphatic heterocycles. The Hall–Kier alpha value is -3.21. The van der Waals surface area contributed by atoms with Gasteiger partial charge in [-0.2, -0.15) is 4.80 Å². The molecule has 2 bridgehead atoms. The molecule has 6 rings (SSSR count). The third kappa shape index (κ3) is 3.91. The first-order chi connectivity index (χ1) is 18.6. The number of alkyl halides is 1. The second-order valence-corrected chi connectivity index (χ2v) is 10.1. The normalized spacial score (nSPS) is 36.2. The minimum absolute atomic E-state index is 0.0404. The molecule has 0 amide bonds. The summed E-state index contributed by atoms with van der Waals surface area (Å²) in [5.41, 5.74) is -0.636. The van der Waals surface area contributed by atoms with Crippen molar-refractivity contribution < 1.29 is 16.4 Å². The van der Waals surface area contributed by atoms with Crippen LogP contribution in [0.5, 0.6) is 5.75 Å². The maximum absolute atomic E-state index is 16.3. The van der Waals surface area contributed by atoms with Crippen molar-refractivity contribution in [3.63, 3.8) is 0 Å². The Morgan fingerprint density at radius 1 is 1.23 bits per heavy atom. The van der Waals surface area contributed by atoms with Crippen LogP contribution >= 0.6 is 0 Å². The van der Waals surface area contributed by atoms with Gasteiger partial charge in [-0.25, -0.2) is 9.37 Å². The number of halogens is 1. The zero-order valence-corrected chi connectivity index (χ0v) is 19.7. The number of nitrogens with one attached hydrogen (secondary N) is 1. The molecule has 0 radical (unpaired) electrons. The summed E-state index contributed by atoms with van der Waals surface area (Å²) in [4.78, 5) is 6.72. The number of tetrazole rings is 1. The van der Waals surface area contributed by atoms with E-state index in [1.807, 2.05) is 6.92 Å². The molecule has 4 heterocycles. The molecule has 11 heteroatoms. The second kappa shape index (κ2) is 7.91. The van der Waals surface area contributed by atoms with Crippen molar-refractivity contribution in [1.29, 1.82) is 0 Å². The predicted molar refractivity (Wildman–Crippen MR) is 127 cm³/mol. The van der Waals surface area contributed by atoms with E-state index in [0.717, 1.165) is 17.7 Å². The summed E-state index contributed by atoms with van der Waals surface area (Å²) in [5.74, 6) is 0.0827. The first kappa shape index (κ1) is 17.3. The van der Waals surface area contributed by atoms with Crippen LogP contribution in [0, 0.1) is 0 Å². The summed E-state index contributed by atoms with van der Waals surface area (Å²) in [7, 11) is 1.62. The summed E-state index contributed by atoms with van der Waals surface area (Å²) < 4.78 is 58.6. The maximum Gasteiger partial charge on any atom is 0.205 e. The molecule has 2 saturated heterocycles. The van der Waals surface area contributed by atoms with Gasteiger partial charge in [0.05, 0.1) is 26.2 Å². The third-order valence-corrected chi connectivity index (χ3v) is 7.23. The highest BCUT2D eigenvalue weighted by molar-refractivity contribution is 5.70. The van der Waals surface area contributed by atoms with E-state index in [4.69, 9.17) is 6.85 Å². The molecular weight excluding hydrogens is 449 g/mol. The lowest BCUT2D eigenvalue weighted by atomic mass is 9.68. The van der Waals surface area contributed by atoms with E-state index in [-0.39, 0.29) is 29.4 Å². The van der Waals surface area contributed by atoms with Gasteiger partial charge in [0.15, 0.2) is 11.6 Å². The number of piperidine rings is 2. The highest BCUT2D eigenvalue weighted by Crippen LogP contribution is 2.46. The monoisotopic (exact) mass is 484 g/mol. The Balaban J connectivity index is 1.38. The van der Waals surface area contributed by atoms with E-state index in [2.05, 4.69) is 35.9 Å². The largest absolute Gasteiger partial charge is 0.507 e. The minimum atomic E-state index is -2.59. The first-order valence-corrected chi connectivity index (χ1v) is 11.6. The van der Waals surface area contributed by atoms with Crippen LogP contribution < -0.4 is 10.2 Å². The Morgan fingerprint density at radius 2 is 2.06 bits per heavy atom. The number of anilines is 1. The first-order valence-electron chi connectivity index (χ1n) is 14.1. The minimum Gasteiger partial charge on any atom is -0.507 e. The summed E-state index contributed by atoms with van der Waals surface area (Å²) in [5, 5.41) is 34.2. The standard InChI is InChI=1S/C24H30FN9O/c1-23-9-4-10-24(2,31-23)20(25)17(12-23)34(15-6-7-15)19-13-26-22(28-27-19)16-8-5-14(11-18(16)35)21-29-32-33(3)30-21/h5,8,11,13,15,17,20,31,35H,4,6-7,9-10,12H2,1-3H3/t17-,20-,23-,24+/m1/s1/i6D2,7D2,15D. The van der Waals surface area contributed by atoms with E-state index in [1.54, 1.807) is 26.1 Å². The molecule has 3 aromatic rings. The highest BCUT2D eigenvalue weighted by atomic mass is 19.1. The number of phenols is 1. The fourth-order valence-corrected chi connectivity index (χ4v) is 5.59. The van der Waals surface area contributed by atoms with Crippen LogP contribution in [0.15, 0.2) is 24.4 Å². The van der Waals surface area contributed by atoms with E-state index in [1.165, 1.54) is 17.1 Å². The number of nitrogens with zero attached hydrogens (tertiary/aromatic N) is 8. The molecule has 1 aromatic carbocycles. The van der Waals surface area contributed by atoms with Gasteiger partial charge in [0.25, 0.3) is 0 Å². The van der Waals surface area contributed by atoms with Crippen molar-refractivity contribution in [2.75, 3.05) is 4.90 Å². The Kier molecular flexibility index (Phi) is 3.90. The van der Waals surface area contributed by atoms with E-state index < -0.39 is 42.1 Å². The summed E-state index contributed by atoms with van der Waals surface area (Å²) >= 11 is 0. The van der Waals surface area contributed by atoms with Crippen molar-refractivity contribution in [2.24, 2.45) is 7.05 Å². The lowest BCUT2D eigenvalue weighted by Gasteiger charge is -2.57.